The Balaban J connectivity index is 0.000000204. The van der Waals surface area contributed by atoms with Gasteiger partial charge in [-0.25, -0.2) is 32.9 Å². The number of hydrogen-bond donors (Lipinski definition) is 0. The Kier molecular flexibility index (Phi) is 45.0. The van der Waals surface area contributed by atoms with Crippen LogP contribution in [0.1, 0.15) is 59.7 Å². The summed E-state index contributed by atoms with van der Waals surface area (Å²) < 4.78 is 28.0. The van der Waals surface area contributed by atoms with Crippen molar-refractivity contribution in [2.45, 2.75) is 75.5 Å². The number of rotatable bonds is 17. The van der Waals surface area contributed by atoms with Crippen molar-refractivity contribution in [3.8, 4) is 6.07 Å². The summed E-state index contributed by atoms with van der Waals surface area (Å²) in [6.45, 7) is 33.7. The van der Waals surface area contributed by atoms with E-state index in [-0.39, 0.29) is 161 Å². The first kappa shape index (κ1) is 102. The van der Waals surface area contributed by atoms with Crippen LogP contribution in [-0.4, -0.2) is 62.7 Å². The molecule has 2 saturated carbocycles. The van der Waals surface area contributed by atoms with Crippen LogP contribution in [0, 0.1) is 42.9 Å². The Morgan fingerprint density at radius 1 is 0.488 bits per heavy atom. The van der Waals surface area contributed by atoms with Gasteiger partial charge < -0.3 is 35.3 Å². The molecule has 12 aromatic rings. The van der Waals surface area contributed by atoms with Gasteiger partial charge in [-0.15, -0.1) is 0 Å². The molecule has 0 amide bonds. The molecule has 2 saturated heterocycles. The molecule has 12 aromatic carbocycles. The number of carbonyl (C=O) groups is 2. The maximum Gasteiger partial charge on any atom is 1.00 e. The summed E-state index contributed by atoms with van der Waals surface area (Å²) in [4.78, 5) is 32.8. The molecule has 2 heterocycles. The van der Waals surface area contributed by atoms with Crippen LogP contribution in [0.3, 0.4) is 0 Å². The summed E-state index contributed by atoms with van der Waals surface area (Å²) in [7, 11) is -1.78. The summed E-state index contributed by atoms with van der Waals surface area (Å²) in [5.41, 5.74) is 2.62. The third-order valence-corrected chi connectivity index (χ3v) is 30.5. The zero-order chi connectivity index (χ0) is 85.5. The molecule has 17 rings (SSSR count). The minimum Gasteiger partial charge on any atom is -1.00 e. The average Bonchev–Trinajstić information content (AvgIpc) is 1.47. The molecule has 0 bridgehead atoms. The zero-order valence-corrected chi connectivity index (χ0v) is 82.0. The maximum atomic E-state index is 10.9. The van der Waals surface area contributed by atoms with Gasteiger partial charge in [0, 0.05) is 58.9 Å². The van der Waals surface area contributed by atoms with Crippen LogP contribution in [0.25, 0.3) is 14.5 Å². The molecule has 4 fully saturated rings. The summed E-state index contributed by atoms with van der Waals surface area (Å²) in [5, 5.41) is 34.4. The number of nitrogens with zero attached hydrogens (tertiary/aromatic N) is 4. The van der Waals surface area contributed by atoms with E-state index in [1.807, 2.05) is 12.1 Å². The van der Waals surface area contributed by atoms with Gasteiger partial charge in [0.05, 0.1) is 39.1 Å². The number of benzene rings is 12. The fourth-order valence-corrected chi connectivity index (χ4v) is 24.6. The first-order valence-electron chi connectivity index (χ1n) is 40.4. The second-order valence-corrected chi connectivity index (χ2v) is 37.8. The third-order valence-electron chi connectivity index (χ3n) is 20.7. The molecular weight excluding hydrogens is 1770 g/mol. The van der Waals surface area contributed by atoms with E-state index < -0.39 is 48.9 Å². The standard InChI is InChI=1S/4C18H15P.C17H20N2O4.C15H16N2O2.CH2O3.2K.Pd.H/c4*1-4-10-16(11-5-1)19(17-12-6-2-7-13-17)18-14-8-3-9-15-18;1-12(11-21-13(2)20)8-14-9-17(22-6-7-23-17)5-4-15(14)16(10-18)19-3;1-11-8-12-10-14(18-6-7-19-14)5-4-13(12)15(9-11,16-2)17-3;2-1-4-3;;;;/h4*1-15H;14H,1,4-9,11H2,2H3;4,12H,1,5-10H2;1,3H;;;;/q;;;;;;;2*+1;;-1/p-1/b;;;;16-15+;;;;;;. The van der Waals surface area contributed by atoms with E-state index in [1.165, 1.54) is 70.6 Å². The smallest absolute Gasteiger partial charge is 1.00 e. The summed E-state index contributed by atoms with van der Waals surface area (Å²) in [6.07, 6.45) is 7.08. The van der Waals surface area contributed by atoms with Gasteiger partial charge in [-0.1, -0.05) is 389 Å². The molecule has 0 N–H and O–H groups in total. The van der Waals surface area contributed by atoms with Gasteiger partial charge in [-0.05, 0) is 132 Å². The Morgan fingerprint density at radius 3 is 0.984 bits per heavy atom. The van der Waals surface area contributed by atoms with Crippen LogP contribution in [0.5, 0.6) is 0 Å². The molecule has 13 nitrogen and oxygen atoms in total. The van der Waals surface area contributed by atoms with Crippen LogP contribution >= 0.6 is 31.7 Å². The molecular formula is C105H98K2N4O9P4Pd. The fourth-order valence-electron chi connectivity index (χ4n) is 15.4. The van der Waals surface area contributed by atoms with Crippen molar-refractivity contribution in [1.29, 1.82) is 5.26 Å². The van der Waals surface area contributed by atoms with E-state index in [4.69, 9.17) is 53.5 Å². The summed E-state index contributed by atoms with van der Waals surface area (Å²) in [6, 6.07) is 131. The normalized spacial score (nSPS) is 15.9. The first-order valence-corrected chi connectivity index (χ1v) is 45.7. The molecule has 3 aliphatic carbocycles. The van der Waals surface area contributed by atoms with E-state index in [1.54, 1.807) is 0 Å². The molecule has 125 heavy (non-hydrogen) atoms. The number of nitriles is 1. The quantitative estimate of drug-likeness (QED) is 0.00992. The monoisotopic (exact) mass is 1870 g/mol. The van der Waals surface area contributed by atoms with Crippen molar-refractivity contribution < 1.29 is 168 Å². The van der Waals surface area contributed by atoms with Gasteiger partial charge in [0.15, 0.2) is 11.6 Å². The number of ether oxygens (including phenoxy) is 5. The predicted octanol–water partition coefficient (Wildman–Crippen LogP) is 12.0. The van der Waals surface area contributed by atoms with E-state index in [0.717, 1.165) is 35.1 Å². The van der Waals surface area contributed by atoms with Crippen LogP contribution in [0.2, 0.25) is 0 Å². The Morgan fingerprint density at radius 2 is 0.752 bits per heavy atom. The average molecular weight is 1870 g/mol. The molecule has 0 aromatic heterocycles. The summed E-state index contributed by atoms with van der Waals surface area (Å²) in [5.74, 6) is -1.38. The Labute approximate surface area is 842 Å². The van der Waals surface area contributed by atoms with Crippen LogP contribution in [-0.2, 0) is 58.6 Å². The number of hydrogen-bond acceptors (Lipinski definition) is 10. The van der Waals surface area contributed by atoms with E-state index >= 15 is 0 Å². The third kappa shape index (κ3) is 30.3. The SMILES string of the molecule is O=CO[O-].[C-]#[N+]/C(C#N)=C1\CCC2(CC1CC(=C)COC(C)=O)OCCO2.[C-]#[N+]C1([N+]#[C-])CC(=C)CC2CC3(CC=C21)OCCO3.[H-].[K+].[K+].[Pd].c1ccc(P(c2ccccc2)c2ccccc2)cc1.c1ccc(P(c2ccccc2)c2ccccc2)cc1.c1ccc(P(c2ccccc2)c2ccccc2)cc1.c1ccc(P(c2ccccc2)c2ccccc2)cc1. The molecule has 2 spiro atoms. The largest absolute Gasteiger partial charge is 1.00 e. The molecule has 2 atom stereocenters. The molecule has 624 valence electrons. The second-order valence-electron chi connectivity index (χ2n) is 28.9. The zero-order valence-electron chi connectivity index (χ0n) is 71.6. The molecule has 2 aliphatic heterocycles. The van der Waals surface area contributed by atoms with E-state index in [2.05, 4.69) is 397 Å². The van der Waals surface area contributed by atoms with Crippen molar-refractivity contribution in [3.05, 3.63) is 445 Å². The topological polar surface area (TPSA) is 149 Å². The first-order chi connectivity index (χ1) is 59.8. The van der Waals surface area contributed by atoms with Crippen molar-refractivity contribution >= 4 is 108 Å². The number of allylic oxidation sites excluding steroid dienone is 2. The summed E-state index contributed by atoms with van der Waals surface area (Å²) >= 11 is 0. The van der Waals surface area contributed by atoms with Crippen molar-refractivity contribution in [2.75, 3.05) is 33.0 Å². The Bertz CT molecular complexity index is 4620. The van der Waals surface area contributed by atoms with E-state index in [0.29, 0.717) is 65.0 Å². The fraction of sp³-hybridized carbons (Fsp3) is 0.181. The molecule has 20 heteroatoms. The van der Waals surface area contributed by atoms with Crippen LogP contribution < -0.4 is 172 Å². The predicted molar refractivity (Wildman–Crippen MR) is 500 cm³/mol. The number of carbonyl (C=O) groups excluding carboxylic acids is 2. The maximum absolute atomic E-state index is 10.9. The minimum atomic E-state index is -1.06. The van der Waals surface area contributed by atoms with E-state index in [9.17, 15) is 10.1 Å². The van der Waals surface area contributed by atoms with Gasteiger partial charge >= 0.3 is 114 Å². The van der Waals surface area contributed by atoms with Crippen LogP contribution in [0.15, 0.2) is 411 Å². The van der Waals surface area contributed by atoms with Gasteiger partial charge in [0.1, 0.15) is 18.6 Å². The number of esters is 1. The van der Waals surface area contributed by atoms with Gasteiger partial charge in [-0.2, -0.15) is 0 Å². The molecule has 5 aliphatic rings. The van der Waals surface area contributed by atoms with Gasteiger partial charge in [0.25, 0.3) is 12.2 Å². The van der Waals surface area contributed by atoms with Gasteiger partial charge in [0.2, 0.25) is 0 Å². The molecule has 0 radical (unpaired) electrons. The second kappa shape index (κ2) is 55.0. The van der Waals surface area contributed by atoms with Crippen molar-refractivity contribution in [3.63, 3.8) is 0 Å². The van der Waals surface area contributed by atoms with Crippen molar-refractivity contribution in [2.24, 2.45) is 11.8 Å². The van der Waals surface area contributed by atoms with Gasteiger partial charge in [-0.3, -0.25) is 9.59 Å². The van der Waals surface area contributed by atoms with Crippen molar-refractivity contribution in [1.82, 2.24) is 0 Å². The molecule has 2 unspecified atom stereocenters. The Hall–Kier alpha value is -8.04. The minimum absolute atomic E-state index is 0. The van der Waals surface area contributed by atoms with Crippen LogP contribution in [0.4, 0.5) is 0 Å². The number of fused-ring (bicyclic) bond motifs is 1.